The quantitative estimate of drug-likeness (QED) is 0.896. The Labute approximate surface area is 135 Å². The van der Waals surface area contributed by atoms with Gasteiger partial charge in [0.05, 0.1) is 11.6 Å². The number of nitrogens with one attached hydrogen (secondary N) is 1. The lowest BCUT2D eigenvalue weighted by Crippen LogP contribution is -2.45. The number of nitrogens with zero attached hydrogens (tertiary/aromatic N) is 4. The van der Waals surface area contributed by atoms with Crippen molar-refractivity contribution in [1.82, 2.24) is 19.6 Å². The molecule has 23 heavy (non-hydrogen) atoms. The van der Waals surface area contributed by atoms with E-state index in [2.05, 4.69) is 10.4 Å². The Hall–Kier alpha value is -2.05. The summed E-state index contributed by atoms with van der Waals surface area (Å²) in [5.41, 5.74) is 1.06. The molecule has 1 aromatic heterocycles. The first-order valence-corrected chi connectivity index (χ1v) is 8.39. The number of hydrogen-bond acceptors (Lipinski definition) is 3. The van der Waals surface area contributed by atoms with E-state index in [-0.39, 0.29) is 23.9 Å². The summed E-state index contributed by atoms with van der Waals surface area (Å²) in [7, 11) is 3.70. The number of carbonyl (C=O) groups excluding carboxylic acids is 2. The first-order valence-electron chi connectivity index (χ1n) is 8.39. The van der Waals surface area contributed by atoms with E-state index in [0.29, 0.717) is 19.0 Å². The second-order valence-electron chi connectivity index (χ2n) is 7.06. The van der Waals surface area contributed by atoms with Crippen LogP contribution in [0.1, 0.15) is 37.3 Å². The number of fused-ring (bicyclic) bond motifs is 4. The van der Waals surface area contributed by atoms with Gasteiger partial charge in [-0.3, -0.25) is 14.8 Å². The summed E-state index contributed by atoms with van der Waals surface area (Å²) in [6, 6.07) is 1.98. The van der Waals surface area contributed by atoms with Crippen LogP contribution in [0.4, 0.5) is 10.6 Å². The molecule has 2 bridgehead atoms. The van der Waals surface area contributed by atoms with Gasteiger partial charge in [0.15, 0.2) is 0 Å². The van der Waals surface area contributed by atoms with E-state index in [4.69, 9.17) is 0 Å². The summed E-state index contributed by atoms with van der Waals surface area (Å²) in [6.45, 7) is 1.12. The lowest BCUT2D eigenvalue weighted by Gasteiger charge is -2.32. The Morgan fingerprint density at radius 1 is 1.17 bits per heavy atom. The van der Waals surface area contributed by atoms with Crippen molar-refractivity contribution in [3.8, 4) is 0 Å². The molecule has 2 atom stereocenters. The van der Waals surface area contributed by atoms with Gasteiger partial charge in [-0.05, 0) is 25.7 Å². The summed E-state index contributed by atoms with van der Waals surface area (Å²) >= 11 is 0. The van der Waals surface area contributed by atoms with Crippen LogP contribution in [0.3, 0.4) is 0 Å². The summed E-state index contributed by atoms with van der Waals surface area (Å²) in [5.74, 6) is 1.41. The number of aryl methyl sites for hydroxylation is 1. The Morgan fingerprint density at radius 3 is 2.65 bits per heavy atom. The Bertz CT molecular complexity index is 651. The van der Waals surface area contributed by atoms with E-state index < -0.39 is 0 Å². The van der Waals surface area contributed by atoms with E-state index >= 15 is 0 Å². The molecule has 3 aliphatic heterocycles. The standard InChI is InChI=1S/C16H23N5O2/c1-19-12-6-5-11(15(19)22)8-21(9-12)16(23)17-14-7-13(10-3-4-10)18-20(14)2/h7,10-12H,3-6,8-9H2,1-2H3,(H,17,23). The van der Waals surface area contributed by atoms with Crippen LogP contribution in [-0.4, -0.2) is 57.7 Å². The molecule has 1 N–H and O–H groups in total. The largest absolute Gasteiger partial charge is 0.341 e. The number of urea groups is 1. The van der Waals surface area contributed by atoms with Crippen molar-refractivity contribution in [1.29, 1.82) is 0 Å². The molecule has 3 saturated heterocycles. The molecule has 1 saturated carbocycles. The van der Waals surface area contributed by atoms with Crippen LogP contribution in [0.25, 0.3) is 0 Å². The molecule has 1 aromatic rings. The van der Waals surface area contributed by atoms with E-state index in [1.54, 1.807) is 9.58 Å². The molecule has 7 heteroatoms. The Morgan fingerprint density at radius 2 is 1.91 bits per heavy atom. The average molecular weight is 317 g/mol. The first kappa shape index (κ1) is 14.5. The molecule has 2 unspecified atom stereocenters. The fourth-order valence-corrected chi connectivity index (χ4v) is 3.70. The van der Waals surface area contributed by atoms with Crippen LogP contribution in [0.2, 0.25) is 0 Å². The van der Waals surface area contributed by atoms with Crippen LogP contribution in [0, 0.1) is 5.92 Å². The number of aromatic nitrogens is 2. The number of anilines is 1. The highest BCUT2D eigenvalue weighted by Crippen LogP contribution is 2.40. The van der Waals surface area contributed by atoms with Crippen LogP contribution in [-0.2, 0) is 11.8 Å². The highest BCUT2D eigenvalue weighted by atomic mass is 16.2. The number of likely N-dealkylation sites (N-methyl/N-ethyl adjacent to an activating group) is 1. The van der Waals surface area contributed by atoms with E-state index in [1.807, 2.05) is 25.1 Å². The molecular weight excluding hydrogens is 294 g/mol. The van der Waals surface area contributed by atoms with Crippen LogP contribution < -0.4 is 5.32 Å². The summed E-state index contributed by atoms with van der Waals surface area (Å²) in [6.07, 6.45) is 4.24. The summed E-state index contributed by atoms with van der Waals surface area (Å²) < 4.78 is 1.73. The van der Waals surface area contributed by atoms with Gasteiger partial charge in [-0.1, -0.05) is 0 Å². The van der Waals surface area contributed by atoms with E-state index in [9.17, 15) is 9.59 Å². The minimum atomic E-state index is -0.129. The van der Waals surface area contributed by atoms with Gasteiger partial charge in [0.2, 0.25) is 5.91 Å². The SMILES string of the molecule is CN1C(=O)C2CCC1CN(C(=O)Nc1cc(C3CC3)nn1C)C2. The predicted molar refractivity (Wildman–Crippen MR) is 85.1 cm³/mol. The third-order valence-electron chi connectivity index (χ3n) is 5.38. The van der Waals surface area contributed by atoms with Crippen molar-refractivity contribution >= 4 is 17.8 Å². The third kappa shape index (κ3) is 2.58. The molecular formula is C16H23N5O2. The maximum Gasteiger partial charge on any atom is 0.323 e. The van der Waals surface area contributed by atoms with Gasteiger partial charge in [0.1, 0.15) is 5.82 Å². The average Bonchev–Trinajstić information content (AvgIpc) is 3.33. The Balaban J connectivity index is 1.48. The second-order valence-corrected chi connectivity index (χ2v) is 7.06. The topological polar surface area (TPSA) is 70.5 Å². The Kier molecular flexibility index (Phi) is 3.32. The van der Waals surface area contributed by atoms with Crippen molar-refractivity contribution in [2.24, 2.45) is 13.0 Å². The number of carbonyl (C=O) groups is 2. The van der Waals surface area contributed by atoms with Crippen LogP contribution in [0.5, 0.6) is 0 Å². The molecule has 5 rings (SSSR count). The minimum absolute atomic E-state index is 0.0573. The fraction of sp³-hybridized carbons (Fsp3) is 0.688. The highest BCUT2D eigenvalue weighted by molar-refractivity contribution is 5.90. The molecule has 124 valence electrons. The zero-order chi connectivity index (χ0) is 16.1. The summed E-state index contributed by atoms with van der Waals surface area (Å²) in [4.78, 5) is 28.5. The van der Waals surface area contributed by atoms with Gasteiger partial charge in [-0.25, -0.2) is 4.79 Å². The first-order chi connectivity index (χ1) is 11.0. The molecule has 0 aromatic carbocycles. The van der Waals surface area contributed by atoms with Crippen molar-refractivity contribution in [3.63, 3.8) is 0 Å². The number of piperidine rings is 1. The maximum atomic E-state index is 12.6. The highest BCUT2D eigenvalue weighted by Gasteiger charge is 2.40. The monoisotopic (exact) mass is 317 g/mol. The van der Waals surface area contributed by atoms with Gasteiger partial charge in [-0.15, -0.1) is 0 Å². The van der Waals surface area contributed by atoms with Gasteiger partial charge >= 0.3 is 6.03 Å². The van der Waals surface area contributed by atoms with Gasteiger partial charge in [0, 0.05) is 45.2 Å². The predicted octanol–water partition coefficient (Wildman–Crippen LogP) is 1.38. The van der Waals surface area contributed by atoms with Gasteiger partial charge in [0.25, 0.3) is 0 Å². The molecule has 4 heterocycles. The second kappa shape index (κ2) is 5.25. The smallest absolute Gasteiger partial charge is 0.323 e. The molecule has 4 fully saturated rings. The fourth-order valence-electron chi connectivity index (χ4n) is 3.70. The van der Waals surface area contributed by atoms with E-state index in [0.717, 1.165) is 24.4 Å². The molecule has 1 aliphatic carbocycles. The van der Waals surface area contributed by atoms with Crippen molar-refractivity contribution in [2.45, 2.75) is 37.6 Å². The zero-order valence-electron chi connectivity index (χ0n) is 13.7. The molecule has 4 aliphatic rings. The lowest BCUT2D eigenvalue weighted by molar-refractivity contribution is -0.138. The van der Waals surface area contributed by atoms with E-state index in [1.165, 1.54) is 12.8 Å². The van der Waals surface area contributed by atoms with Crippen LogP contribution in [0.15, 0.2) is 6.07 Å². The van der Waals surface area contributed by atoms with Crippen molar-refractivity contribution in [2.75, 3.05) is 25.5 Å². The summed E-state index contributed by atoms with van der Waals surface area (Å²) in [5, 5.41) is 7.44. The number of hydrogen-bond donors (Lipinski definition) is 1. The molecule has 0 spiro atoms. The third-order valence-corrected chi connectivity index (χ3v) is 5.38. The maximum absolute atomic E-state index is 12.6. The van der Waals surface area contributed by atoms with Gasteiger partial charge in [-0.2, -0.15) is 5.10 Å². The number of rotatable bonds is 2. The number of amides is 3. The molecule has 7 nitrogen and oxygen atoms in total. The normalized spacial score (nSPS) is 27.3. The van der Waals surface area contributed by atoms with Crippen molar-refractivity contribution in [3.05, 3.63) is 11.8 Å². The van der Waals surface area contributed by atoms with Crippen LogP contribution >= 0.6 is 0 Å². The zero-order valence-corrected chi connectivity index (χ0v) is 13.7. The molecule has 0 radical (unpaired) electrons. The molecule has 3 amide bonds. The van der Waals surface area contributed by atoms with Crippen molar-refractivity contribution < 1.29 is 9.59 Å². The lowest BCUT2D eigenvalue weighted by atomic mass is 9.95. The van der Waals surface area contributed by atoms with Gasteiger partial charge < -0.3 is 9.80 Å². The minimum Gasteiger partial charge on any atom is -0.341 e.